The van der Waals surface area contributed by atoms with Crippen LogP contribution in [0.3, 0.4) is 0 Å². The Morgan fingerprint density at radius 2 is 1.35 bits per heavy atom. The monoisotopic (exact) mass is 336 g/mol. The maximum Gasteiger partial charge on any atom is 0.450 e. The van der Waals surface area contributed by atoms with Crippen molar-refractivity contribution < 1.29 is 36.7 Å². The van der Waals surface area contributed by atoms with Crippen LogP contribution >= 0.6 is 0 Å². The lowest BCUT2D eigenvalue weighted by molar-refractivity contribution is -0.154. The van der Waals surface area contributed by atoms with Crippen LogP contribution in [0.4, 0.5) is 13.2 Å². The maximum atomic E-state index is 13.0. The highest BCUT2D eigenvalue weighted by atomic mass is 19.4. The van der Waals surface area contributed by atoms with E-state index in [2.05, 4.69) is 4.42 Å². The SMILES string of the molecule is CC(C)(C)OC(=O)c1cc(C(=O)OC(C)(C)C)c(C(F)(F)F)o1. The summed E-state index contributed by atoms with van der Waals surface area (Å²) >= 11 is 0. The molecule has 23 heavy (non-hydrogen) atoms. The van der Waals surface area contributed by atoms with E-state index in [4.69, 9.17) is 9.47 Å². The zero-order valence-corrected chi connectivity index (χ0v) is 13.8. The van der Waals surface area contributed by atoms with Crippen molar-refractivity contribution in [2.24, 2.45) is 0 Å². The van der Waals surface area contributed by atoms with Gasteiger partial charge in [-0.3, -0.25) is 0 Å². The number of esters is 2. The molecule has 0 radical (unpaired) electrons. The van der Waals surface area contributed by atoms with Gasteiger partial charge in [-0.15, -0.1) is 0 Å². The Balaban J connectivity index is 3.25. The summed E-state index contributed by atoms with van der Waals surface area (Å²) in [4.78, 5) is 23.7. The quantitative estimate of drug-likeness (QED) is 0.757. The molecule has 0 spiro atoms. The van der Waals surface area contributed by atoms with E-state index in [1.165, 1.54) is 20.8 Å². The van der Waals surface area contributed by atoms with E-state index in [0.29, 0.717) is 6.07 Å². The zero-order chi connectivity index (χ0) is 18.2. The van der Waals surface area contributed by atoms with Gasteiger partial charge in [0.15, 0.2) is 0 Å². The predicted octanol–water partition coefficient (Wildman–Crippen LogP) is 4.21. The molecular formula is C15H19F3O5. The molecule has 0 aliphatic heterocycles. The van der Waals surface area contributed by atoms with Crippen LogP contribution in [0.2, 0.25) is 0 Å². The highest BCUT2D eigenvalue weighted by Crippen LogP contribution is 2.35. The first-order valence-electron chi connectivity index (χ1n) is 6.78. The van der Waals surface area contributed by atoms with Gasteiger partial charge in [0.25, 0.3) is 0 Å². The van der Waals surface area contributed by atoms with Gasteiger partial charge in [0.05, 0.1) is 0 Å². The van der Waals surface area contributed by atoms with Crippen LogP contribution in [0, 0.1) is 0 Å². The Labute approximate surface area is 131 Å². The summed E-state index contributed by atoms with van der Waals surface area (Å²) in [5.74, 6) is -4.64. The van der Waals surface area contributed by atoms with E-state index in [1.54, 1.807) is 20.8 Å². The molecule has 1 heterocycles. The summed E-state index contributed by atoms with van der Waals surface area (Å²) in [6, 6.07) is 0.685. The first-order chi connectivity index (χ1) is 10.1. The van der Waals surface area contributed by atoms with E-state index >= 15 is 0 Å². The van der Waals surface area contributed by atoms with Gasteiger partial charge in [0.2, 0.25) is 11.5 Å². The molecule has 0 atom stereocenters. The van der Waals surface area contributed by atoms with E-state index in [9.17, 15) is 22.8 Å². The molecule has 0 saturated heterocycles. The van der Waals surface area contributed by atoms with Gasteiger partial charge in [0.1, 0.15) is 16.8 Å². The van der Waals surface area contributed by atoms with Crippen molar-refractivity contribution >= 4 is 11.9 Å². The molecule has 0 aliphatic carbocycles. The minimum absolute atomic E-state index is 0.685. The third-order valence-corrected chi connectivity index (χ3v) is 2.21. The molecule has 0 unspecified atom stereocenters. The number of hydrogen-bond donors (Lipinski definition) is 0. The lowest BCUT2D eigenvalue weighted by Gasteiger charge is -2.19. The van der Waals surface area contributed by atoms with Crippen LogP contribution in [0.25, 0.3) is 0 Å². The van der Waals surface area contributed by atoms with Crippen molar-refractivity contribution in [3.8, 4) is 0 Å². The third-order valence-electron chi connectivity index (χ3n) is 2.21. The molecule has 0 bridgehead atoms. The molecule has 1 aromatic rings. The number of alkyl halides is 3. The van der Waals surface area contributed by atoms with Gasteiger partial charge < -0.3 is 13.9 Å². The number of halogens is 3. The second-order valence-electron chi connectivity index (χ2n) is 6.85. The smallest absolute Gasteiger partial charge is 0.450 e. The van der Waals surface area contributed by atoms with Crippen LogP contribution in [0.1, 0.15) is 68.2 Å². The Bertz CT molecular complexity index is 600. The van der Waals surface area contributed by atoms with Crippen molar-refractivity contribution in [1.29, 1.82) is 0 Å². The largest absolute Gasteiger partial charge is 0.456 e. The highest BCUT2D eigenvalue weighted by molar-refractivity contribution is 5.95. The van der Waals surface area contributed by atoms with Crippen molar-refractivity contribution in [3.63, 3.8) is 0 Å². The van der Waals surface area contributed by atoms with E-state index in [0.717, 1.165) is 0 Å². The van der Waals surface area contributed by atoms with Crippen LogP contribution < -0.4 is 0 Å². The van der Waals surface area contributed by atoms with Crippen LogP contribution in [-0.4, -0.2) is 23.1 Å². The molecule has 0 N–H and O–H groups in total. The summed E-state index contributed by atoms with van der Waals surface area (Å²) in [7, 11) is 0. The Morgan fingerprint density at radius 1 is 0.913 bits per heavy atom. The second-order valence-corrected chi connectivity index (χ2v) is 6.85. The summed E-state index contributed by atoms with van der Waals surface area (Å²) in [6.07, 6.45) is -4.95. The third kappa shape index (κ3) is 5.61. The van der Waals surface area contributed by atoms with Crippen molar-refractivity contribution in [1.82, 2.24) is 0 Å². The number of rotatable bonds is 2. The Kier molecular flexibility index (Phi) is 4.89. The lowest BCUT2D eigenvalue weighted by Crippen LogP contribution is -2.25. The van der Waals surface area contributed by atoms with Gasteiger partial charge in [-0.1, -0.05) is 0 Å². The molecule has 1 aromatic heterocycles. The van der Waals surface area contributed by atoms with Gasteiger partial charge in [-0.05, 0) is 41.5 Å². The van der Waals surface area contributed by atoms with Crippen molar-refractivity contribution in [2.75, 3.05) is 0 Å². The molecule has 0 fully saturated rings. The number of carbonyl (C=O) groups is 2. The van der Waals surface area contributed by atoms with E-state index in [1.807, 2.05) is 0 Å². The fourth-order valence-electron chi connectivity index (χ4n) is 1.52. The number of hydrogen-bond acceptors (Lipinski definition) is 5. The van der Waals surface area contributed by atoms with Gasteiger partial charge >= 0.3 is 18.1 Å². The van der Waals surface area contributed by atoms with Crippen LogP contribution in [-0.2, 0) is 15.7 Å². The molecule has 5 nitrogen and oxygen atoms in total. The molecule has 130 valence electrons. The minimum Gasteiger partial charge on any atom is -0.456 e. The first-order valence-corrected chi connectivity index (χ1v) is 6.78. The molecule has 8 heteroatoms. The highest BCUT2D eigenvalue weighted by Gasteiger charge is 2.42. The normalized spacial score (nSPS) is 12.9. The maximum absolute atomic E-state index is 13.0. The predicted molar refractivity (Wildman–Crippen MR) is 74.0 cm³/mol. The van der Waals surface area contributed by atoms with E-state index in [-0.39, 0.29) is 0 Å². The summed E-state index contributed by atoms with van der Waals surface area (Å²) in [5.41, 5.74) is -2.79. The standard InChI is InChI=1S/C15H19F3O5/c1-13(2,3)22-11(19)8-7-9(12(20)23-14(4,5)6)21-10(8)15(16,17)18/h7H,1-6H3. The van der Waals surface area contributed by atoms with Crippen molar-refractivity contribution in [3.05, 3.63) is 23.2 Å². The van der Waals surface area contributed by atoms with Crippen LogP contribution in [0.15, 0.2) is 10.5 Å². The second kappa shape index (κ2) is 5.90. The van der Waals surface area contributed by atoms with Crippen molar-refractivity contribution in [2.45, 2.75) is 58.9 Å². The molecule has 0 saturated carbocycles. The topological polar surface area (TPSA) is 65.7 Å². The average Bonchev–Trinajstić information content (AvgIpc) is 2.67. The zero-order valence-electron chi connectivity index (χ0n) is 13.8. The molecule has 0 aromatic carbocycles. The van der Waals surface area contributed by atoms with E-state index < -0.39 is 46.4 Å². The lowest BCUT2D eigenvalue weighted by atomic mass is 10.1. The number of furan rings is 1. The molecule has 0 amide bonds. The Hall–Kier alpha value is -1.99. The average molecular weight is 336 g/mol. The molecule has 0 aliphatic rings. The first kappa shape index (κ1) is 19.1. The fourth-order valence-corrected chi connectivity index (χ4v) is 1.52. The number of ether oxygens (including phenoxy) is 2. The summed E-state index contributed by atoms with van der Waals surface area (Å²) in [6.45, 7) is 9.17. The summed E-state index contributed by atoms with van der Waals surface area (Å²) < 4.78 is 53.4. The van der Waals surface area contributed by atoms with Gasteiger partial charge in [0, 0.05) is 6.07 Å². The number of carbonyl (C=O) groups excluding carboxylic acids is 2. The Morgan fingerprint density at radius 3 is 1.74 bits per heavy atom. The van der Waals surface area contributed by atoms with Gasteiger partial charge in [-0.25, -0.2) is 9.59 Å². The van der Waals surface area contributed by atoms with Gasteiger partial charge in [-0.2, -0.15) is 13.2 Å². The molecule has 1 rings (SSSR count). The molecular weight excluding hydrogens is 317 g/mol. The fraction of sp³-hybridized carbons (Fsp3) is 0.600. The summed E-state index contributed by atoms with van der Waals surface area (Å²) in [5, 5.41) is 0. The van der Waals surface area contributed by atoms with Crippen LogP contribution in [0.5, 0.6) is 0 Å². The minimum atomic E-state index is -4.95.